The second kappa shape index (κ2) is 7.74. The molecule has 0 bridgehead atoms. The first-order valence-corrected chi connectivity index (χ1v) is 9.10. The highest BCUT2D eigenvalue weighted by Crippen LogP contribution is 2.25. The predicted molar refractivity (Wildman–Crippen MR) is 98.2 cm³/mol. The van der Waals surface area contributed by atoms with Gasteiger partial charge in [0, 0.05) is 17.9 Å². The van der Waals surface area contributed by atoms with Gasteiger partial charge in [0.25, 0.3) is 5.56 Å². The number of para-hydroxylation sites is 1. The molecule has 2 heterocycles. The number of nitrogens with zero attached hydrogens (tertiary/aromatic N) is 3. The lowest BCUT2D eigenvalue weighted by Gasteiger charge is -2.12. The van der Waals surface area contributed by atoms with E-state index in [2.05, 4.69) is 14.9 Å². The van der Waals surface area contributed by atoms with Crippen LogP contribution in [0.4, 0.5) is 0 Å². The van der Waals surface area contributed by atoms with E-state index in [9.17, 15) is 9.59 Å². The van der Waals surface area contributed by atoms with Crippen LogP contribution in [0.5, 0.6) is 0 Å². The number of hydrogen-bond donors (Lipinski definition) is 0. The molecule has 0 saturated carbocycles. The van der Waals surface area contributed by atoms with Crippen molar-refractivity contribution in [3.63, 3.8) is 0 Å². The van der Waals surface area contributed by atoms with Crippen LogP contribution in [0.25, 0.3) is 10.9 Å². The Labute approximate surface area is 154 Å². The van der Waals surface area contributed by atoms with Crippen molar-refractivity contribution in [3.8, 4) is 0 Å². The lowest BCUT2D eigenvalue weighted by molar-refractivity contribution is -0.140. The van der Waals surface area contributed by atoms with Gasteiger partial charge in [-0.2, -0.15) is 0 Å². The molecule has 0 aliphatic heterocycles. The normalized spacial score (nSPS) is 11.0. The van der Waals surface area contributed by atoms with Gasteiger partial charge in [-0.3, -0.25) is 14.2 Å². The van der Waals surface area contributed by atoms with Crippen molar-refractivity contribution in [3.05, 3.63) is 51.6 Å². The maximum Gasteiger partial charge on any atom is 0.307 e. The smallest absolute Gasteiger partial charge is 0.307 e. The fraction of sp³-hybridized carbons (Fsp3) is 0.333. The second-order valence-corrected chi connectivity index (χ2v) is 6.73. The van der Waals surface area contributed by atoms with Gasteiger partial charge >= 0.3 is 5.97 Å². The number of carbonyl (C=O) groups excluding carboxylic acids is 1. The number of rotatable bonds is 6. The van der Waals surface area contributed by atoms with Crippen LogP contribution >= 0.6 is 11.8 Å². The predicted octanol–water partition coefficient (Wildman–Crippen LogP) is 2.86. The van der Waals surface area contributed by atoms with Crippen molar-refractivity contribution < 1.29 is 14.1 Å². The molecule has 1 aromatic carbocycles. The second-order valence-electron chi connectivity index (χ2n) is 5.79. The summed E-state index contributed by atoms with van der Waals surface area (Å²) in [5, 5.41) is 5.03. The zero-order valence-electron chi connectivity index (χ0n) is 14.8. The van der Waals surface area contributed by atoms with Crippen molar-refractivity contribution in [2.24, 2.45) is 0 Å². The molecule has 8 heteroatoms. The number of fused-ring (bicyclic) bond motifs is 1. The molecule has 0 amide bonds. The number of methoxy groups -OCH3 is 1. The number of aryl methyl sites for hydroxylation is 2. The van der Waals surface area contributed by atoms with E-state index in [1.54, 1.807) is 18.2 Å². The molecule has 0 aliphatic carbocycles. The van der Waals surface area contributed by atoms with Crippen molar-refractivity contribution in [2.75, 3.05) is 7.11 Å². The molecule has 0 spiro atoms. The summed E-state index contributed by atoms with van der Waals surface area (Å²) in [6.07, 6.45) is 0.106. The third-order valence-electron chi connectivity index (χ3n) is 4.12. The SMILES string of the molecule is COC(=O)CCn1c(SCc2c(C)noc2C)nc2ccccc2c1=O. The van der Waals surface area contributed by atoms with Crippen LogP contribution < -0.4 is 5.56 Å². The molecule has 0 fully saturated rings. The molecule has 0 radical (unpaired) electrons. The maximum atomic E-state index is 12.9. The van der Waals surface area contributed by atoms with Gasteiger partial charge in [0.2, 0.25) is 0 Å². The highest BCUT2D eigenvalue weighted by atomic mass is 32.2. The standard InChI is InChI=1S/C18H19N3O4S/c1-11-14(12(2)25-20-11)10-26-18-19-15-7-5-4-6-13(15)17(23)21(18)9-8-16(22)24-3/h4-7H,8-10H2,1-3H3. The van der Waals surface area contributed by atoms with Crippen LogP contribution in [0.1, 0.15) is 23.4 Å². The largest absolute Gasteiger partial charge is 0.469 e. The van der Waals surface area contributed by atoms with Crippen LogP contribution in [-0.4, -0.2) is 27.8 Å². The van der Waals surface area contributed by atoms with Crippen molar-refractivity contribution in [1.29, 1.82) is 0 Å². The number of thioether (sulfide) groups is 1. The molecule has 2 aromatic heterocycles. The fourth-order valence-corrected chi connectivity index (χ4v) is 3.78. The average molecular weight is 373 g/mol. The van der Waals surface area contributed by atoms with Crippen molar-refractivity contribution in [2.45, 2.75) is 37.7 Å². The van der Waals surface area contributed by atoms with Crippen LogP contribution in [0.3, 0.4) is 0 Å². The van der Waals surface area contributed by atoms with Gasteiger partial charge in [-0.25, -0.2) is 4.98 Å². The third-order valence-corrected chi connectivity index (χ3v) is 5.12. The summed E-state index contributed by atoms with van der Waals surface area (Å²) in [6.45, 7) is 3.95. The van der Waals surface area contributed by atoms with Gasteiger partial charge in [-0.15, -0.1) is 0 Å². The molecule has 0 atom stereocenters. The number of esters is 1. The monoisotopic (exact) mass is 373 g/mol. The number of hydrogen-bond acceptors (Lipinski definition) is 7. The Bertz CT molecular complexity index is 990. The van der Waals surface area contributed by atoms with Crippen LogP contribution in [-0.2, 0) is 21.8 Å². The minimum absolute atomic E-state index is 0.106. The van der Waals surface area contributed by atoms with E-state index in [-0.39, 0.29) is 24.5 Å². The van der Waals surface area contributed by atoms with Crippen LogP contribution in [0.15, 0.2) is 38.7 Å². The highest BCUT2D eigenvalue weighted by molar-refractivity contribution is 7.98. The molecule has 3 rings (SSSR count). The maximum absolute atomic E-state index is 12.9. The topological polar surface area (TPSA) is 87.2 Å². The van der Waals surface area contributed by atoms with Gasteiger partial charge in [-0.1, -0.05) is 29.1 Å². The zero-order valence-corrected chi connectivity index (χ0v) is 15.6. The Balaban J connectivity index is 1.98. The Kier molecular flexibility index (Phi) is 5.41. The molecular formula is C18H19N3O4S. The van der Waals surface area contributed by atoms with E-state index < -0.39 is 0 Å². The first-order chi connectivity index (χ1) is 12.5. The molecule has 136 valence electrons. The number of ether oxygens (including phenoxy) is 1. The quantitative estimate of drug-likeness (QED) is 0.373. The van der Waals surface area contributed by atoms with E-state index in [1.807, 2.05) is 19.9 Å². The minimum Gasteiger partial charge on any atom is -0.469 e. The number of carbonyl (C=O) groups is 1. The van der Waals surface area contributed by atoms with E-state index in [0.29, 0.717) is 21.8 Å². The van der Waals surface area contributed by atoms with Crippen molar-refractivity contribution in [1.82, 2.24) is 14.7 Å². The zero-order chi connectivity index (χ0) is 18.7. The molecule has 0 aliphatic rings. The summed E-state index contributed by atoms with van der Waals surface area (Å²) in [5.74, 6) is 0.954. The molecule has 3 aromatic rings. The van der Waals surface area contributed by atoms with E-state index in [4.69, 9.17) is 4.52 Å². The summed E-state index contributed by atoms with van der Waals surface area (Å²) in [7, 11) is 1.33. The average Bonchev–Trinajstić information content (AvgIpc) is 2.97. The van der Waals surface area contributed by atoms with E-state index in [1.165, 1.54) is 23.4 Å². The van der Waals surface area contributed by atoms with E-state index in [0.717, 1.165) is 17.0 Å². The molecule has 7 nitrogen and oxygen atoms in total. The van der Waals surface area contributed by atoms with Crippen molar-refractivity contribution >= 4 is 28.6 Å². The summed E-state index contributed by atoms with van der Waals surface area (Å²) in [5.41, 5.74) is 2.27. The molecule has 0 unspecified atom stereocenters. The van der Waals surface area contributed by atoms with E-state index >= 15 is 0 Å². The first kappa shape index (κ1) is 18.2. The highest BCUT2D eigenvalue weighted by Gasteiger charge is 2.15. The van der Waals surface area contributed by atoms with Gasteiger partial charge in [-0.05, 0) is 26.0 Å². The van der Waals surface area contributed by atoms with Crippen LogP contribution in [0.2, 0.25) is 0 Å². The van der Waals surface area contributed by atoms with Gasteiger partial charge < -0.3 is 9.26 Å². The van der Waals surface area contributed by atoms with Gasteiger partial charge in [0.05, 0.1) is 30.1 Å². The summed E-state index contributed by atoms with van der Waals surface area (Å²) in [6, 6.07) is 7.19. The fourth-order valence-electron chi connectivity index (χ4n) is 2.60. The number of aromatic nitrogens is 3. The van der Waals surface area contributed by atoms with Gasteiger partial charge in [0.1, 0.15) is 5.76 Å². The molecular weight excluding hydrogens is 354 g/mol. The van der Waals surface area contributed by atoms with Gasteiger partial charge in [0.15, 0.2) is 5.16 Å². The summed E-state index contributed by atoms with van der Waals surface area (Å²) < 4.78 is 11.4. The van der Waals surface area contributed by atoms with Crippen LogP contribution in [0, 0.1) is 13.8 Å². The lowest BCUT2D eigenvalue weighted by Crippen LogP contribution is -2.24. The Morgan fingerprint density at radius 2 is 2.08 bits per heavy atom. The molecule has 0 N–H and O–H groups in total. The molecule has 0 saturated heterocycles. The summed E-state index contributed by atoms with van der Waals surface area (Å²) in [4.78, 5) is 29.0. The third kappa shape index (κ3) is 3.65. The minimum atomic E-state index is -0.369. The summed E-state index contributed by atoms with van der Waals surface area (Å²) >= 11 is 1.42. The number of benzene rings is 1. The Hall–Kier alpha value is -2.61. The molecule has 26 heavy (non-hydrogen) atoms. The Morgan fingerprint density at radius 1 is 1.31 bits per heavy atom. The Morgan fingerprint density at radius 3 is 2.77 bits per heavy atom. The first-order valence-electron chi connectivity index (χ1n) is 8.12. The lowest BCUT2D eigenvalue weighted by atomic mass is 10.2.